The maximum Gasteiger partial charge on any atom is 0.303 e. The van der Waals surface area contributed by atoms with Gasteiger partial charge in [0.2, 0.25) is 5.91 Å². The Morgan fingerprint density at radius 1 is 0.700 bits per heavy atom. The van der Waals surface area contributed by atoms with Gasteiger partial charge < -0.3 is 10.4 Å². The number of benzene rings is 2. The Bertz CT molecular complexity index is 730. The quantitative estimate of drug-likeness (QED) is 0.379. The van der Waals surface area contributed by atoms with Crippen LogP contribution in [0.1, 0.15) is 68.9 Å². The van der Waals surface area contributed by atoms with Crippen molar-refractivity contribution in [3.8, 4) is 0 Å². The van der Waals surface area contributed by atoms with Gasteiger partial charge in [0.25, 0.3) is 0 Å². The van der Waals surface area contributed by atoms with Crippen LogP contribution in [0.4, 0.5) is 0 Å². The number of carbonyl (C=O) groups is 2. The number of aliphatic carboxylic acids is 1. The molecule has 2 aromatic carbocycles. The van der Waals surface area contributed by atoms with E-state index in [2.05, 4.69) is 41.7 Å². The Hall–Kier alpha value is -2.62. The Morgan fingerprint density at radius 3 is 1.90 bits per heavy atom. The summed E-state index contributed by atoms with van der Waals surface area (Å²) >= 11 is 0. The molecular weight excluding hydrogens is 374 g/mol. The number of nitrogens with one attached hydrogen (secondary N) is 1. The number of rotatable bonds is 15. The first-order valence-electron chi connectivity index (χ1n) is 11.2. The Kier molecular flexibility index (Phi) is 11.3. The third kappa shape index (κ3) is 10.8. The SMILES string of the molecule is O=C(O)CCC(CCc1ccccc1)NC(=O)CCCCCCCc1ccccc1. The molecule has 2 rings (SSSR count). The van der Waals surface area contributed by atoms with Crippen LogP contribution in [-0.4, -0.2) is 23.0 Å². The van der Waals surface area contributed by atoms with Gasteiger partial charge in [0, 0.05) is 18.9 Å². The first-order chi connectivity index (χ1) is 14.6. The highest BCUT2D eigenvalue weighted by atomic mass is 16.4. The Morgan fingerprint density at radius 2 is 1.27 bits per heavy atom. The van der Waals surface area contributed by atoms with Gasteiger partial charge in [0.1, 0.15) is 0 Å². The predicted molar refractivity (Wildman–Crippen MR) is 121 cm³/mol. The van der Waals surface area contributed by atoms with E-state index in [1.165, 1.54) is 24.0 Å². The van der Waals surface area contributed by atoms with Crippen LogP contribution in [0.25, 0.3) is 0 Å². The molecule has 4 heteroatoms. The summed E-state index contributed by atoms with van der Waals surface area (Å²) in [7, 11) is 0. The minimum Gasteiger partial charge on any atom is -0.481 e. The number of carbonyl (C=O) groups excluding carboxylic acids is 1. The van der Waals surface area contributed by atoms with Gasteiger partial charge in [-0.2, -0.15) is 0 Å². The van der Waals surface area contributed by atoms with Crippen molar-refractivity contribution in [3.63, 3.8) is 0 Å². The van der Waals surface area contributed by atoms with Crippen molar-refractivity contribution < 1.29 is 14.7 Å². The van der Waals surface area contributed by atoms with Crippen LogP contribution in [0, 0.1) is 0 Å². The first-order valence-corrected chi connectivity index (χ1v) is 11.2. The van der Waals surface area contributed by atoms with E-state index < -0.39 is 5.97 Å². The summed E-state index contributed by atoms with van der Waals surface area (Å²) in [5, 5.41) is 12.0. The molecule has 2 N–H and O–H groups in total. The average molecular weight is 410 g/mol. The second-order valence-electron chi connectivity index (χ2n) is 7.97. The molecule has 1 amide bonds. The second-order valence-corrected chi connectivity index (χ2v) is 7.97. The molecule has 2 aromatic rings. The fourth-order valence-corrected chi connectivity index (χ4v) is 3.66. The molecule has 0 fully saturated rings. The Labute approximate surface area is 180 Å². The highest BCUT2D eigenvalue weighted by Gasteiger charge is 2.14. The number of aryl methyl sites for hydroxylation is 2. The molecule has 0 spiro atoms. The van der Waals surface area contributed by atoms with E-state index >= 15 is 0 Å². The smallest absolute Gasteiger partial charge is 0.303 e. The van der Waals surface area contributed by atoms with Crippen LogP contribution in [0.15, 0.2) is 60.7 Å². The van der Waals surface area contributed by atoms with Crippen LogP contribution >= 0.6 is 0 Å². The van der Waals surface area contributed by atoms with Crippen LogP contribution in [0.5, 0.6) is 0 Å². The molecular formula is C26H35NO3. The summed E-state index contributed by atoms with van der Waals surface area (Å²) in [4.78, 5) is 23.3. The van der Waals surface area contributed by atoms with Crippen molar-refractivity contribution in [2.45, 2.75) is 76.7 Å². The number of hydrogen-bond acceptors (Lipinski definition) is 2. The molecule has 4 nitrogen and oxygen atoms in total. The maximum atomic E-state index is 12.3. The molecule has 1 unspecified atom stereocenters. The molecule has 0 aliphatic heterocycles. The maximum absolute atomic E-state index is 12.3. The standard InChI is InChI=1S/C26H35NO3/c28-25(17-11-3-1-2-6-12-22-13-7-4-8-14-22)27-24(20-21-26(29)30)19-18-23-15-9-5-10-16-23/h4-5,7-10,13-16,24H,1-3,6,11-12,17-21H2,(H,27,28)(H,29,30). The lowest BCUT2D eigenvalue weighted by Gasteiger charge is -2.18. The Balaban J connectivity index is 1.60. The predicted octanol–water partition coefficient (Wildman–Crippen LogP) is 5.55. The second kappa shape index (κ2) is 14.4. The summed E-state index contributed by atoms with van der Waals surface area (Å²) < 4.78 is 0. The lowest BCUT2D eigenvalue weighted by molar-refractivity contribution is -0.137. The van der Waals surface area contributed by atoms with Crippen LogP contribution < -0.4 is 5.32 Å². The van der Waals surface area contributed by atoms with Gasteiger partial charge in [-0.25, -0.2) is 0 Å². The third-order valence-corrected chi connectivity index (χ3v) is 5.41. The largest absolute Gasteiger partial charge is 0.481 e. The van der Waals surface area contributed by atoms with Gasteiger partial charge in [0.15, 0.2) is 0 Å². The lowest BCUT2D eigenvalue weighted by Crippen LogP contribution is -2.35. The molecule has 0 aliphatic rings. The van der Waals surface area contributed by atoms with Crippen molar-refractivity contribution >= 4 is 11.9 Å². The topological polar surface area (TPSA) is 66.4 Å². The summed E-state index contributed by atoms with van der Waals surface area (Å²) in [6, 6.07) is 20.6. The van der Waals surface area contributed by atoms with E-state index in [4.69, 9.17) is 5.11 Å². The van der Waals surface area contributed by atoms with Gasteiger partial charge in [-0.1, -0.05) is 79.9 Å². The van der Waals surface area contributed by atoms with Crippen molar-refractivity contribution in [3.05, 3.63) is 71.8 Å². The van der Waals surface area contributed by atoms with Crippen molar-refractivity contribution in [2.24, 2.45) is 0 Å². The van der Waals surface area contributed by atoms with E-state index in [9.17, 15) is 9.59 Å². The van der Waals surface area contributed by atoms with E-state index in [0.29, 0.717) is 12.8 Å². The van der Waals surface area contributed by atoms with Crippen molar-refractivity contribution in [2.75, 3.05) is 0 Å². The number of carboxylic acid groups (broad SMARTS) is 1. The van der Waals surface area contributed by atoms with E-state index in [0.717, 1.165) is 38.5 Å². The summed E-state index contributed by atoms with van der Waals surface area (Å²) in [5.41, 5.74) is 2.60. The van der Waals surface area contributed by atoms with Gasteiger partial charge in [-0.15, -0.1) is 0 Å². The number of unbranched alkanes of at least 4 members (excludes halogenated alkanes) is 4. The molecule has 162 valence electrons. The monoisotopic (exact) mass is 409 g/mol. The summed E-state index contributed by atoms with van der Waals surface area (Å²) in [6.07, 6.45) is 9.29. The van der Waals surface area contributed by atoms with Crippen molar-refractivity contribution in [1.82, 2.24) is 5.32 Å². The fraction of sp³-hybridized carbons (Fsp3) is 0.462. The third-order valence-electron chi connectivity index (χ3n) is 5.41. The highest BCUT2D eigenvalue weighted by molar-refractivity contribution is 5.76. The van der Waals surface area contributed by atoms with E-state index in [1.807, 2.05) is 24.3 Å². The first kappa shape index (κ1) is 23.7. The lowest BCUT2D eigenvalue weighted by atomic mass is 10.0. The molecule has 0 aromatic heterocycles. The van der Waals surface area contributed by atoms with Gasteiger partial charge >= 0.3 is 5.97 Å². The highest BCUT2D eigenvalue weighted by Crippen LogP contribution is 2.12. The van der Waals surface area contributed by atoms with Gasteiger partial charge in [-0.05, 0) is 49.7 Å². The zero-order chi connectivity index (χ0) is 21.4. The summed E-state index contributed by atoms with van der Waals surface area (Å²) in [5.74, 6) is -0.771. The summed E-state index contributed by atoms with van der Waals surface area (Å²) in [6.45, 7) is 0. The number of amides is 1. The molecule has 0 aliphatic carbocycles. The van der Waals surface area contributed by atoms with Crippen LogP contribution in [0.3, 0.4) is 0 Å². The molecule has 1 atom stereocenters. The zero-order valence-corrected chi connectivity index (χ0v) is 17.9. The van der Waals surface area contributed by atoms with E-state index in [1.54, 1.807) is 0 Å². The fourth-order valence-electron chi connectivity index (χ4n) is 3.66. The average Bonchev–Trinajstić information content (AvgIpc) is 2.76. The number of carboxylic acids is 1. The minimum atomic E-state index is -0.815. The molecule has 0 saturated carbocycles. The molecule has 0 bridgehead atoms. The van der Waals surface area contributed by atoms with Crippen LogP contribution in [-0.2, 0) is 22.4 Å². The van der Waals surface area contributed by atoms with Crippen molar-refractivity contribution in [1.29, 1.82) is 0 Å². The van der Waals surface area contributed by atoms with Gasteiger partial charge in [0.05, 0.1) is 0 Å². The minimum absolute atomic E-state index is 0.0442. The molecule has 0 saturated heterocycles. The zero-order valence-electron chi connectivity index (χ0n) is 17.9. The molecule has 0 heterocycles. The van der Waals surface area contributed by atoms with E-state index in [-0.39, 0.29) is 18.4 Å². The molecule has 0 radical (unpaired) electrons. The van der Waals surface area contributed by atoms with Gasteiger partial charge in [-0.3, -0.25) is 9.59 Å². The number of hydrogen-bond donors (Lipinski definition) is 2. The molecule has 30 heavy (non-hydrogen) atoms. The normalized spacial score (nSPS) is 11.7. The van der Waals surface area contributed by atoms with Crippen LogP contribution in [0.2, 0.25) is 0 Å².